The summed E-state index contributed by atoms with van der Waals surface area (Å²) in [5.74, 6) is 1.74. The number of hydrogen-bond donors (Lipinski definition) is 2. The normalized spacial score (nSPS) is 22.6. The number of imidazole rings is 1. The van der Waals surface area contributed by atoms with Crippen molar-refractivity contribution in [3.63, 3.8) is 0 Å². The van der Waals surface area contributed by atoms with Gasteiger partial charge in [-0.05, 0) is 31.0 Å². The summed E-state index contributed by atoms with van der Waals surface area (Å²) >= 11 is 0. The summed E-state index contributed by atoms with van der Waals surface area (Å²) in [6.45, 7) is 4.56. The van der Waals surface area contributed by atoms with Crippen LogP contribution < -0.4 is 4.74 Å². The third-order valence-electron chi connectivity index (χ3n) is 3.84. The van der Waals surface area contributed by atoms with Crippen molar-refractivity contribution < 1.29 is 9.84 Å². The number of β-amino-alcohol motifs (C(OH)–C–C–N with tert-alkyl or cyclic N) is 1. The fourth-order valence-electron chi connectivity index (χ4n) is 2.71. The van der Waals surface area contributed by atoms with Crippen LogP contribution in [0.1, 0.15) is 17.8 Å². The van der Waals surface area contributed by atoms with E-state index in [-0.39, 0.29) is 0 Å². The highest BCUT2D eigenvalue weighted by Gasteiger charge is 2.37. The zero-order valence-electron chi connectivity index (χ0n) is 12.2. The Kier molecular flexibility index (Phi) is 3.94. The van der Waals surface area contributed by atoms with E-state index in [9.17, 15) is 5.11 Å². The Morgan fingerprint density at radius 2 is 2.38 bits per heavy atom. The van der Waals surface area contributed by atoms with Gasteiger partial charge in [-0.1, -0.05) is 12.1 Å². The molecular formula is C16H21N3O2. The van der Waals surface area contributed by atoms with Crippen molar-refractivity contribution in [1.82, 2.24) is 14.9 Å². The summed E-state index contributed by atoms with van der Waals surface area (Å²) in [5, 5.41) is 10.6. The molecule has 0 amide bonds. The zero-order valence-corrected chi connectivity index (χ0v) is 12.2. The topological polar surface area (TPSA) is 61.4 Å². The predicted octanol–water partition coefficient (Wildman–Crippen LogP) is 1.73. The molecule has 0 saturated carbocycles. The number of rotatable bonds is 5. The van der Waals surface area contributed by atoms with Crippen molar-refractivity contribution >= 4 is 0 Å². The maximum Gasteiger partial charge on any atom is 0.120 e. The predicted molar refractivity (Wildman–Crippen MR) is 80.1 cm³/mol. The second-order valence-corrected chi connectivity index (χ2v) is 5.83. The van der Waals surface area contributed by atoms with Gasteiger partial charge in [0.2, 0.25) is 0 Å². The van der Waals surface area contributed by atoms with Crippen molar-refractivity contribution in [2.75, 3.05) is 19.7 Å². The van der Waals surface area contributed by atoms with Crippen molar-refractivity contribution in [3.8, 4) is 5.75 Å². The number of nitrogens with one attached hydrogen (secondary N) is 1. The Morgan fingerprint density at radius 3 is 3.14 bits per heavy atom. The highest BCUT2D eigenvalue weighted by molar-refractivity contribution is 5.27. The summed E-state index contributed by atoms with van der Waals surface area (Å²) in [6.07, 6.45) is 4.29. The maximum atomic E-state index is 10.6. The van der Waals surface area contributed by atoms with E-state index < -0.39 is 5.60 Å². The molecule has 1 atom stereocenters. The lowest BCUT2D eigenvalue weighted by Crippen LogP contribution is -2.39. The SMILES string of the molecule is Cc1cccc(OC[C@]2(O)CCN(Cc3ncc[nH]3)C2)c1. The number of aromatic nitrogens is 2. The van der Waals surface area contributed by atoms with Crippen LogP contribution in [0.4, 0.5) is 0 Å². The Bertz CT molecular complexity index is 585. The highest BCUT2D eigenvalue weighted by atomic mass is 16.5. The second-order valence-electron chi connectivity index (χ2n) is 5.83. The number of likely N-dealkylation sites (tertiary alicyclic amines) is 1. The lowest BCUT2D eigenvalue weighted by molar-refractivity contribution is 0.00321. The van der Waals surface area contributed by atoms with Gasteiger partial charge < -0.3 is 14.8 Å². The van der Waals surface area contributed by atoms with E-state index in [4.69, 9.17) is 4.74 Å². The maximum absolute atomic E-state index is 10.6. The molecule has 2 heterocycles. The van der Waals surface area contributed by atoms with Crippen LogP contribution in [0.5, 0.6) is 5.75 Å². The van der Waals surface area contributed by atoms with Gasteiger partial charge in [0.15, 0.2) is 0 Å². The third kappa shape index (κ3) is 3.62. The van der Waals surface area contributed by atoms with Crippen LogP contribution in [0.15, 0.2) is 36.7 Å². The molecule has 5 nitrogen and oxygen atoms in total. The number of benzene rings is 1. The van der Waals surface area contributed by atoms with E-state index in [2.05, 4.69) is 14.9 Å². The number of H-pyrrole nitrogens is 1. The molecule has 0 spiro atoms. The lowest BCUT2D eigenvalue weighted by atomic mass is 10.1. The van der Waals surface area contributed by atoms with E-state index in [0.717, 1.165) is 36.6 Å². The molecule has 1 aromatic heterocycles. The summed E-state index contributed by atoms with van der Waals surface area (Å²) in [5.41, 5.74) is 0.376. The van der Waals surface area contributed by atoms with Crippen LogP contribution in [0.2, 0.25) is 0 Å². The standard InChI is InChI=1S/C16H21N3O2/c1-13-3-2-4-14(9-13)21-12-16(20)5-8-19(11-16)10-15-17-6-7-18-15/h2-4,6-7,9,20H,5,8,10-12H2,1H3,(H,17,18)/t16-/m0/s1. The van der Waals surface area contributed by atoms with Crippen LogP contribution in [0, 0.1) is 6.92 Å². The van der Waals surface area contributed by atoms with Crippen molar-refractivity contribution in [2.45, 2.75) is 25.5 Å². The number of aromatic amines is 1. The van der Waals surface area contributed by atoms with Gasteiger partial charge in [0.1, 0.15) is 23.8 Å². The fraction of sp³-hybridized carbons (Fsp3) is 0.438. The third-order valence-corrected chi connectivity index (χ3v) is 3.84. The minimum atomic E-state index is -0.781. The second kappa shape index (κ2) is 5.87. The Morgan fingerprint density at radius 1 is 1.48 bits per heavy atom. The molecule has 5 heteroatoms. The van der Waals surface area contributed by atoms with Gasteiger partial charge in [0, 0.05) is 25.5 Å². The molecule has 112 valence electrons. The van der Waals surface area contributed by atoms with Gasteiger partial charge in [-0.25, -0.2) is 4.98 Å². The van der Waals surface area contributed by atoms with Gasteiger partial charge in [-0.2, -0.15) is 0 Å². The Labute approximate surface area is 124 Å². The van der Waals surface area contributed by atoms with Crippen molar-refractivity contribution in [2.24, 2.45) is 0 Å². The first-order chi connectivity index (χ1) is 10.1. The molecule has 1 aliphatic rings. The number of aryl methyl sites for hydroxylation is 1. The van der Waals surface area contributed by atoms with E-state index in [1.807, 2.05) is 37.4 Å². The smallest absolute Gasteiger partial charge is 0.120 e. The van der Waals surface area contributed by atoms with Crippen LogP contribution in [0.25, 0.3) is 0 Å². The molecule has 1 saturated heterocycles. The van der Waals surface area contributed by atoms with E-state index in [0.29, 0.717) is 13.2 Å². The van der Waals surface area contributed by atoms with Gasteiger partial charge in [0.25, 0.3) is 0 Å². The molecule has 2 aromatic rings. The molecule has 3 rings (SSSR count). The van der Waals surface area contributed by atoms with Gasteiger partial charge in [0.05, 0.1) is 6.54 Å². The molecule has 21 heavy (non-hydrogen) atoms. The van der Waals surface area contributed by atoms with E-state index in [1.165, 1.54) is 0 Å². The number of aliphatic hydroxyl groups is 1. The molecule has 2 N–H and O–H groups in total. The summed E-state index contributed by atoms with van der Waals surface area (Å²) < 4.78 is 5.76. The van der Waals surface area contributed by atoms with Gasteiger partial charge in [-0.3, -0.25) is 4.90 Å². The molecule has 0 unspecified atom stereocenters. The largest absolute Gasteiger partial charge is 0.491 e. The first-order valence-corrected chi connectivity index (χ1v) is 7.25. The van der Waals surface area contributed by atoms with Crippen molar-refractivity contribution in [3.05, 3.63) is 48.0 Å². The quantitative estimate of drug-likeness (QED) is 0.879. The van der Waals surface area contributed by atoms with Crippen LogP contribution >= 0.6 is 0 Å². The number of hydrogen-bond acceptors (Lipinski definition) is 4. The van der Waals surface area contributed by atoms with E-state index >= 15 is 0 Å². The molecule has 0 radical (unpaired) electrons. The summed E-state index contributed by atoms with van der Waals surface area (Å²) in [7, 11) is 0. The summed E-state index contributed by atoms with van der Waals surface area (Å²) in [6, 6.07) is 7.90. The molecular weight excluding hydrogens is 266 g/mol. The average Bonchev–Trinajstić information content (AvgIpc) is 3.08. The van der Waals surface area contributed by atoms with Crippen LogP contribution in [-0.4, -0.2) is 45.3 Å². The van der Waals surface area contributed by atoms with E-state index in [1.54, 1.807) is 6.20 Å². The molecule has 1 aromatic carbocycles. The van der Waals surface area contributed by atoms with Crippen LogP contribution in [0.3, 0.4) is 0 Å². The Balaban J connectivity index is 1.53. The number of ether oxygens (including phenoxy) is 1. The molecule has 0 bridgehead atoms. The molecule has 1 aliphatic heterocycles. The monoisotopic (exact) mass is 287 g/mol. The number of nitrogens with zero attached hydrogens (tertiary/aromatic N) is 2. The minimum absolute atomic E-state index is 0.325. The average molecular weight is 287 g/mol. The van der Waals surface area contributed by atoms with Crippen LogP contribution in [-0.2, 0) is 6.54 Å². The minimum Gasteiger partial charge on any atom is -0.491 e. The fourth-order valence-corrected chi connectivity index (χ4v) is 2.71. The van der Waals surface area contributed by atoms with Gasteiger partial charge in [-0.15, -0.1) is 0 Å². The Hall–Kier alpha value is -1.85. The molecule has 0 aliphatic carbocycles. The van der Waals surface area contributed by atoms with Crippen molar-refractivity contribution in [1.29, 1.82) is 0 Å². The zero-order chi connectivity index (χ0) is 14.7. The first kappa shape index (κ1) is 14.1. The lowest BCUT2D eigenvalue weighted by Gasteiger charge is -2.23. The highest BCUT2D eigenvalue weighted by Crippen LogP contribution is 2.24. The van der Waals surface area contributed by atoms with Gasteiger partial charge >= 0.3 is 0 Å². The first-order valence-electron chi connectivity index (χ1n) is 7.25. The summed E-state index contributed by atoms with van der Waals surface area (Å²) in [4.78, 5) is 9.50. The molecule has 1 fully saturated rings.